The van der Waals surface area contributed by atoms with E-state index in [9.17, 15) is 10.1 Å². The standard InChI is InChI=1S/C28H32N6O/c1-28(2,3)24-19-34-23(18-33(24)25(35)10-7-15-32(4)5)26(21-11-13-30-14-12-21)27(31-34)22-9-6-8-20(16-22)17-29/h6-14,16,24H,15,18-19H2,1-5H3/b10-7+/t24-/m0/s1. The number of likely N-dealkylation sites (N-methyl/N-ethyl adjacent to an activating group) is 1. The first-order chi connectivity index (χ1) is 16.7. The van der Waals surface area contributed by atoms with Crippen molar-refractivity contribution in [2.24, 2.45) is 5.41 Å². The number of amides is 1. The van der Waals surface area contributed by atoms with Gasteiger partial charge in [-0.1, -0.05) is 39.0 Å². The van der Waals surface area contributed by atoms with Crippen molar-refractivity contribution in [3.63, 3.8) is 0 Å². The summed E-state index contributed by atoms with van der Waals surface area (Å²) < 4.78 is 2.05. The van der Waals surface area contributed by atoms with Crippen LogP contribution in [0.15, 0.2) is 60.9 Å². The second kappa shape index (κ2) is 9.85. The van der Waals surface area contributed by atoms with E-state index in [1.807, 2.05) is 65.0 Å². The van der Waals surface area contributed by atoms with Crippen LogP contribution < -0.4 is 0 Å². The Morgan fingerprint density at radius 3 is 2.60 bits per heavy atom. The number of hydrogen-bond acceptors (Lipinski definition) is 5. The molecule has 0 radical (unpaired) electrons. The average Bonchev–Trinajstić information content (AvgIpc) is 3.21. The summed E-state index contributed by atoms with van der Waals surface area (Å²) in [6, 6.07) is 13.7. The number of pyridine rings is 1. The Morgan fingerprint density at radius 1 is 1.20 bits per heavy atom. The van der Waals surface area contributed by atoms with Crippen LogP contribution in [0, 0.1) is 16.7 Å². The lowest BCUT2D eigenvalue weighted by Crippen LogP contribution is -2.52. The third-order valence-electron chi connectivity index (χ3n) is 6.35. The first-order valence-corrected chi connectivity index (χ1v) is 11.8. The molecular formula is C28H32N6O. The SMILES string of the molecule is CN(C)C/C=C/C(=O)N1Cc2c(-c3ccncc3)c(-c3cccc(C#N)c3)nn2C[C@H]1C(C)(C)C. The van der Waals surface area contributed by atoms with Crippen molar-refractivity contribution in [2.75, 3.05) is 20.6 Å². The zero-order chi connectivity index (χ0) is 25.2. The first kappa shape index (κ1) is 24.4. The molecule has 7 nitrogen and oxygen atoms in total. The number of fused-ring (bicyclic) bond motifs is 1. The van der Waals surface area contributed by atoms with Crippen molar-refractivity contribution in [3.8, 4) is 28.5 Å². The van der Waals surface area contributed by atoms with Crippen LogP contribution in [0.5, 0.6) is 0 Å². The number of hydrogen-bond donors (Lipinski definition) is 0. The molecule has 1 aliphatic heterocycles. The molecule has 0 saturated heterocycles. The molecule has 0 aliphatic carbocycles. The second-order valence-electron chi connectivity index (χ2n) is 10.3. The lowest BCUT2D eigenvalue weighted by molar-refractivity contribution is -0.133. The molecule has 3 aromatic rings. The monoisotopic (exact) mass is 468 g/mol. The molecule has 1 amide bonds. The highest BCUT2D eigenvalue weighted by atomic mass is 16.2. The summed E-state index contributed by atoms with van der Waals surface area (Å²) in [6.07, 6.45) is 7.13. The van der Waals surface area contributed by atoms with Crippen molar-refractivity contribution in [2.45, 2.75) is 39.9 Å². The van der Waals surface area contributed by atoms with Gasteiger partial charge >= 0.3 is 0 Å². The number of carbonyl (C=O) groups is 1. The van der Waals surface area contributed by atoms with Crippen LogP contribution in [0.1, 0.15) is 32.0 Å². The minimum Gasteiger partial charge on any atom is -0.328 e. The van der Waals surface area contributed by atoms with Gasteiger partial charge in [0.15, 0.2) is 0 Å². The molecule has 3 heterocycles. The van der Waals surface area contributed by atoms with E-state index in [1.165, 1.54) is 0 Å². The molecule has 0 saturated carbocycles. The minimum absolute atomic E-state index is 0.00734. The van der Waals surface area contributed by atoms with Crippen molar-refractivity contribution in [3.05, 3.63) is 72.2 Å². The number of rotatable bonds is 5. The average molecular weight is 469 g/mol. The highest BCUT2D eigenvalue weighted by Crippen LogP contribution is 2.40. The van der Waals surface area contributed by atoms with Gasteiger partial charge in [-0.2, -0.15) is 10.4 Å². The van der Waals surface area contributed by atoms with Gasteiger partial charge in [-0.05, 0) is 49.3 Å². The lowest BCUT2D eigenvalue weighted by atomic mass is 9.84. The van der Waals surface area contributed by atoms with Crippen molar-refractivity contribution in [1.29, 1.82) is 5.26 Å². The van der Waals surface area contributed by atoms with Crippen LogP contribution in [0.3, 0.4) is 0 Å². The van der Waals surface area contributed by atoms with E-state index < -0.39 is 0 Å². The molecule has 4 rings (SSSR count). The number of carbonyl (C=O) groups excluding carboxylic acids is 1. The van der Waals surface area contributed by atoms with E-state index >= 15 is 0 Å². The largest absolute Gasteiger partial charge is 0.328 e. The molecule has 7 heteroatoms. The molecular weight excluding hydrogens is 436 g/mol. The predicted octanol–water partition coefficient (Wildman–Crippen LogP) is 4.36. The summed E-state index contributed by atoms with van der Waals surface area (Å²) in [7, 11) is 3.96. The maximum Gasteiger partial charge on any atom is 0.246 e. The number of nitrogens with zero attached hydrogens (tertiary/aromatic N) is 6. The summed E-state index contributed by atoms with van der Waals surface area (Å²) in [5.74, 6) is 0.00734. The third-order valence-corrected chi connectivity index (χ3v) is 6.35. The molecule has 0 bridgehead atoms. The van der Waals surface area contributed by atoms with Gasteiger partial charge in [0.25, 0.3) is 0 Å². The molecule has 1 atom stereocenters. The third kappa shape index (κ3) is 5.18. The Hall–Kier alpha value is -3.76. The van der Waals surface area contributed by atoms with Crippen LogP contribution in [-0.2, 0) is 17.9 Å². The lowest BCUT2D eigenvalue weighted by Gasteiger charge is -2.43. The van der Waals surface area contributed by atoms with E-state index in [-0.39, 0.29) is 17.4 Å². The number of nitriles is 1. The number of aromatic nitrogens is 3. The van der Waals surface area contributed by atoms with Gasteiger partial charge in [-0.15, -0.1) is 0 Å². The molecule has 0 N–H and O–H groups in total. The van der Waals surface area contributed by atoms with E-state index in [2.05, 4.69) is 31.8 Å². The predicted molar refractivity (Wildman–Crippen MR) is 137 cm³/mol. The molecule has 0 spiro atoms. The summed E-state index contributed by atoms with van der Waals surface area (Å²) in [5, 5.41) is 14.5. The summed E-state index contributed by atoms with van der Waals surface area (Å²) in [6.45, 7) is 8.25. The quantitative estimate of drug-likeness (QED) is 0.520. The smallest absolute Gasteiger partial charge is 0.246 e. The molecule has 180 valence electrons. The minimum atomic E-state index is -0.133. The zero-order valence-corrected chi connectivity index (χ0v) is 21.1. The highest BCUT2D eigenvalue weighted by Gasteiger charge is 2.39. The molecule has 2 aromatic heterocycles. The van der Waals surface area contributed by atoms with Gasteiger partial charge in [0, 0.05) is 36.1 Å². The van der Waals surface area contributed by atoms with E-state index in [0.717, 1.165) is 28.1 Å². The van der Waals surface area contributed by atoms with Crippen LogP contribution in [0.4, 0.5) is 0 Å². The maximum absolute atomic E-state index is 13.4. The van der Waals surface area contributed by atoms with Crippen LogP contribution in [0.2, 0.25) is 0 Å². The van der Waals surface area contributed by atoms with Gasteiger partial charge in [0.05, 0.1) is 36.5 Å². The summed E-state index contributed by atoms with van der Waals surface area (Å²) in [5.41, 5.74) is 5.11. The first-order valence-electron chi connectivity index (χ1n) is 11.8. The Kier molecular flexibility index (Phi) is 6.86. The van der Waals surface area contributed by atoms with Crippen LogP contribution in [-0.4, -0.2) is 57.2 Å². The molecule has 1 aromatic carbocycles. The topological polar surface area (TPSA) is 78.1 Å². The summed E-state index contributed by atoms with van der Waals surface area (Å²) >= 11 is 0. The zero-order valence-electron chi connectivity index (χ0n) is 21.1. The number of benzene rings is 1. The molecule has 1 aliphatic rings. The van der Waals surface area contributed by atoms with Gasteiger partial charge in [-0.3, -0.25) is 14.5 Å². The second-order valence-corrected chi connectivity index (χ2v) is 10.3. The van der Waals surface area contributed by atoms with Gasteiger partial charge < -0.3 is 9.80 Å². The fraction of sp³-hybridized carbons (Fsp3) is 0.357. The Balaban J connectivity index is 1.85. The van der Waals surface area contributed by atoms with Gasteiger partial charge in [0.1, 0.15) is 5.69 Å². The van der Waals surface area contributed by atoms with Crippen LogP contribution in [0.25, 0.3) is 22.4 Å². The van der Waals surface area contributed by atoms with E-state index in [4.69, 9.17) is 5.10 Å². The van der Waals surface area contributed by atoms with E-state index in [0.29, 0.717) is 25.2 Å². The molecule has 0 fully saturated rings. The Morgan fingerprint density at radius 2 is 1.94 bits per heavy atom. The van der Waals surface area contributed by atoms with Gasteiger partial charge in [-0.25, -0.2) is 0 Å². The van der Waals surface area contributed by atoms with Crippen molar-refractivity contribution in [1.82, 2.24) is 24.6 Å². The van der Waals surface area contributed by atoms with Gasteiger partial charge in [0.2, 0.25) is 5.91 Å². The summed E-state index contributed by atoms with van der Waals surface area (Å²) in [4.78, 5) is 21.6. The van der Waals surface area contributed by atoms with Crippen molar-refractivity contribution >= 4 is 5.91 Å². The fourth-order valence-electron chi connectivity index (χ4n) is 4.54. The Bertz CT molecular complexity index is 1280. The normalized spacial score (nSPS) is 15.9. The van der Waals surface area contributed by atoms with Crippen LogP contribution >= 0.6 is 0 Å². The Labute approximate surface area is 207 Å². The van der Waals surface area contributed by atoms with E-state index in [1.54, 1.807) is 24.5 Å². The molecule has 0 unspecified atom stereocenters. The fourth-order valence-corrected chi connectivity index (χ4v) is 4.54. The van der Waals surface area contributed by atoms with Crippen molar-refractivity contribution < 1.29 is 4.79 Å². The highest BCUT2D eigenvalue weighted by molar-refractivity contribution is 5.89. The molecule has 35 heavy (non-hydrogen) atoms. The maximum atomic E-state index is 13.4.